The van der Waals surface area contributed by atoms with Crippen molar-refractivity contribution in [3.63, 3.8) is 0 Å². The fraction of sp³-hybridized carbons (Fsp3) is 0.438. The van der Waals surface area contributed by atoms with Gasteiger partial charge in [0.1, 0.15) is 0 Å². The average molecular weight is 274 g/mol. The van der Waals surface area contributed by atoms with Crippen LogP contribution in [-0.2, 0) is 24.6 Å². The van der Waals surface area contributed by atoms with E-state index >= 15 is 0 Å². The molecule has 2 aliphatic heterocycles. The van der Waals surface area contributed by atoms with Crippen molar-refractivity contribution >= 4 is 5.97 Å². The number of benzene rings is 1. The van der Waals surface area contributed by atoms with Crippen LogP contribution in [0.15, 0.2) is 24.5 Å². The number of aryl methyl sites for hydroxylation is 3. The Labute approximate surface area is 118 Å². The number of methoxy groups -OCH3 is 1. The van der Waals surface area contributed by atoms with Crippen LogP contribution in [0.1, 0.15) is 22.3 Å². The predicted molar refractivity (Wildman–Crippen MR) is 72.9 cm³/mol. The Kier molecular flexibility index (Phi) is 2.87. The SMILES string of the molecule is COC(=O)[C@@]1(c2c(C)cc(C)cc2C)O[C@@H]2OC=C[C@@H]21. The summed E-state index contributed by atoms with van der Waals surface area (Å²) in [6.45, 7) is 6.03. The van der Waals surface area contributed by atoms with Gasteiger partial charge in [-0.3, -0.25) is 0 Å². The van der Waals surface area contributed by atoms with Gasteiger partial charge in [-0.1, -0.05) is 17.7 Å². The van der Waals surface area contributed by atoms with Gasteiger partial charge < -0.3 is 14.2 Å². The summed E-state index contributed by atoms with van der Waals surface area (Å²) >= 11 is 0. The third-order valence-electron chi connectivity index (χ3n) is 4.10. The number of fused-ring (bicyclic) bond motifs is 1. The molecule has 0 N–H and O–H groups in total. The first-order valence-corrected chi connectivity index (χ1v) is 6.67. The number of rotatable bonds is 2. The third kappa shape index (κ3) is 1.54. The first kappa shape index (κ1) is 13.2. The Morgan fingerprint density at radius 2 is 1.90 bits per heavy atom. The molecule has 20 heavy (non-hydrogen) atoms. The van der Waals surface area contributed by atoms with Crippen molar-refractivity contribution in [1.29, 1.82) is 0 Å². The largest absolute Gasteiger partial charge is 0.472 e. The quantitative estimate of drug-likeness (QED) is 0.777. The molecule has 1 fully saturated rings. The van der Waals surface area contributed by atoms with E-state index in [0.717, 1.165) is 22.3 Å². The molecule has 0 aromatic heterocycles. The van der Waals surface area contributed by atoms with E-state index in [1.165, 1.54) is 7.11 Å². The molecule has 1 aromatic rings. The maximum atomic E-state index is 12.4. The van der Waals surface area contributed by atoms with Gasteiger partial charge in [0, 0.05) is 5.56 Å². The van der Waals surface area contributed by atoms with Crippen molar-refractivity contribution in [3.8, 4) is 0 Å². The van der Waals surface area contributed by atoms with Crippen molar-refractivity contribution in [1.82, 2.24) is 0 Å². The molecule has 0 saturated carbocycles. The van der Waals surface area contributed by atoms with Crippen LogP contribution in [0.25, 0.3) is 0 Å². The fourth-order valence-electron chi connectivity index (χ4n) is 3.43. The van der Waals surface area contributed by atoms with Crippen LogP contribution in [0.2, 0.25) is 0 Å². The monoisotopic (exact) mass is 274 g/mol. The third-order valence-corrected chi connectivity index (χ3v) is 4.10. The lowest BCUT2D eigenvalue weighted by atomic mass is 9.72. The normalized spacial score (nSPS) is 30.4. The second-order valence-corrected chi connectivity index (χ2v) is 5.48. The minimum Gasteiger partial charge on any atom is -0.472 e. The van der Waals surface area contributed by atoms with Gasteiger partial charge in [0.15, 0.2) is 0 Å². The van der Waals surface area contributed by atoms with Gasteiger partial charge in [-0.2, -0.15) is 0 Å². The van der Waals surface area contributed by atoms with E-state index in [9.17, 15) is 4.79 Å². The molecule has 3 rings (SSSR count). The molecular weight excluding hydrogens is 256 g/mol. The molecule has 0 amide bonds. The van der Waals surface area contributed by atoms with Crippen LogP contribution in [-0.4, -0.2) is 19.4 Å². The molecule has 106 valence electrons. The number of hydrogen-bond acceptors (Lipinski definition) is 4. The molecule has 4 nitrogen and oxygen atoms in total. The Balaban J connectivity index is 2.17. The van der Waals surface area contributed by atoms with Gasteiger partial charge in [0.05, 0.1) is 19.3 Å². The topological polar surface area (TPSA) is 44.8 Å². The maximum Gasteiger partial charge on any atom is 0.343 e. The van der Waals surface area contributed by atoms with E-state index in [-0.39, 0.29) is 18.2 Å². The molecule has 0 unspecified atom stereocenters. The number of hydrogen-bond donors (Lipinski definition) is 0. The van der Waals surface area contributed by atoms with Crippen molar-refractivity contribution in [3.05, 3.63) is 46.7 Å². The lowest BCUT2D eigenvalue weighted by molar-refractivity contribution is -0.314. The predicted octanol–water partition coefficient (Wildman–Crippen LogP) is 2.50. The van der Waals surface area contributed by atoms with E-state index in [4.69, 9.17) is 14.2 Å². The summed E-state index contributed by atoms with van der Waals surface area (Å²) in [6.07, 6.45) is 3.09. The lowest BCUT2D eigenvalue weighted by Gasteiger charge is -2.49. The molecule has 1 saturated heterocycles. The summed E-state index contributed by atoms with van der Waals surface area (Å²) in [4.78, 5) is 12.4. The molecule has 2 aliphatic rings. The smallest absolute Gasteiger partial charge is 0.343 e. The number of esters is 1. The highest BCUT2D eigenvalue weighted by Crippen LogP contribution is 2.53. The average Bonchev–Trinajstić information content (AvgIpc) is 2.75. The van der Waals surface area contributed by atoms with Crippen LogP contribution in [0.3, 0.4) is 0 Å². The standard InChI is InChI=1S/C16H18O4/c1-9-7-10(2)13(11(3)8-9)16(15(17)18-4)12-5-6-19-14(12)20-16/h5-8,12,14H,1-4H3/t12-,14-,16+/m0/s1. The molecule has 0 aliphatic carbocycles. The lowest BCUT2D eigenvalue weighted by Crippen LogP contribution is -2.61. The Hall–Kier alpha value is -1.81. The zero-order valence-electron chi connectivity index (χ0n) is 12.1. The summed E-state index contributed by atoms with van der Waals surface area (Å²) in [5.74, 6) is -0.501. The summed E-state index contributed by atoms with van der Waals surface area (Å²) < 4.78 is 16.2. The van der Waals surface area contributed by atoms with Gasteiger partial charge in [0.2, 0.25) is 11.9 Å². The summed E-state index contributed by atoms with van der Waals surface area (Å²) in [5.41, 5.74) is 3.05. The van der Waals surface area contributed by atoms with Crippen molar-refractivity contribution in [2.75, 3.05) is 7.11 Å². The summed E-state index contributed by atoms with van der Waals surface area (Å²) in [5, 5.41) is 0. The number of ether oxygens (including phenoxy) is 3. The highest BCUT2D eigenvalue weighted by molar-refractivity contribution is 5.84. The van der Waals surface area contributed by atoms with Gasteiger partial charge >= 0.3 is 5.97 Å². The van der Waals surface area contributed by atoms with Gasteiger partial charge in [0.25, 0.3) is 0 Å². The zero-order chi connectivity index (χ0) is 14.5. The molecule has 3 atom stereocenters. The first-order chi connectivity index (χ1) is 9.50. The second-order valence-electron chi connectivity index (χ2n) is 5.48. The van der Waals surface area contributed by atoms with E-state index in [1.807, 2.05) is 26.8 Å². The van der Waals surface area contributed by atoms with E-state index < -0.39 is 5.60 Å². The molecule has 0 radical (unpaired) electrons. The Morgan fingerprint density at radius 1 is 1.25 bits per heavy atom. The molecule has 4 heteroatoms. The van der Waals surface area contributed by atoms with Crippen LogP contribution < -0.4 is 0 Å². The highest BCUT2D eigenvalue weighted by Gasteiger charge is 2.65. The van der Waals surface area contributed by atoms with E-state index in [2.05, 4.69) is 12.1 Å². The van der Waals surface area contributed by atoms with Crippen LogP contribution in [0.5, 0.6) is 0 Å². The van der Waals surface area contributed by atoms with E-state index in [1.54, 1.807) is 6.26 Å². The summed E-state index contributed by atoms with van der Waals surface area (Å²) in [7, 11) is 1.39. The van der Waals surface area contributed by atoms with Crippen molar-refractivity contribution in [2.45, 2.75) is 32.7 Å². The second kappa shape index (κ2) is 4.35. The minimum absolute atomic E-state index is 0.130. The van der Waals surface area contributed by atoms with E-state index in [0.29, 0.717) is 0 Å². The molecule has 1 aromatic carbocycles. The fourth-order valence-corrected chi connectivity index (χ4v) is 3.43. The maximum absolute atomic E-state index is 12.4. The Morgan fingerprint density at radius 3 is 2.45 bits per heavy atom. The molecule has 0 spiro atoms. The Bertz CT molecular complexity index is 581. The molecule has 0 bridgehead atoms. The van der Waals surface area contributed by atoms with Crippen LogP contribution in [0.4, 0.5) is 0 Å². The van der Waals surface area contributed by atoms with Gasteiger partial charge in [-0.25, -0.2) is 4.79 Å². The van der Waals surface area contributed by atoms with Crippen molar-refractivity contribution < 1.29 is 19.0 Å². The number of carbonyl (C=O) groups is 1. The van der Waals surface area contributed by atoms with Crippen LogP contribution >= 0.6 is 0 Å². The van der Waals surface area contributed by atoms with Gasteiger partial charge in [-0.15, -0.1) is 0 Å². The zero-order valence-corrected chi connectivity index (χ0v) is 12.1. The van der Waals surface area contributed by atoms with Crippen LogP contribution in [0, 0.1) is 26.7 Å². The van der Waals surface area contributed by atoms with Crippen molar-refractivity contribution in [2.24, 2.45) is 5.92 Å². The minimum atomic E-state index is -1.08. The number of carbonyl (C=O) groups excluding carboxylic acids is 1. The molecule has 2 heterocycles. The first-order valence-electron chi connectivity index (χ1n) is 6.67. The van der Waals surface area contributed by atoms with Gasteiger partial charge in [-0.05, 0) is 38.0 Å². The molecular formula is C16H18O4. The highest BCUT2D eigenvalue weighted by atomic mass is 16.7. The summed E-state index contributed by atoms with van der Waals surface area (Å²) in [6, 6.07) is 4.12.